The van der Waals surface area contributed by atoms with Gasteiger partial charge in [-0.05, 0) is 54.1 Å². The number of para-hydroxylation sites is 3. The topological polar surface area (TPSA) is 38.5 Å². The Morgan fingerprint density at radius 3 is 2.02 bits per heavy atom. The van der Waals surface area contributed by atoms with Crippen LogP contribution in [0.3, 0.4) is 0 Å². The Morgan fingerprint density at radius 2 is 1.20 bits per heavy atom. The van der Waals surface area contributed by atoms with Crippen LogP contribution < -0.4 is 14.5 Å². The summed E-state index contributed by atoms with van der Waals surface area (Å²) >= 11 is 0. The Bertz CT molecular complexity index is 2780. The molecule has 0 radical (unpaired) electrons. The van der Waals surface area contributed by atoms with Crippen LogP contribution >= 0.6 is 0 Å². The van der Waals surface area contributed by atoms with E-state index in [4.69, 9.17) is 9.72 Å². The van der Waals surface area contributed by atoms with Gasteiger partial charge in [0.2, 0.25) is 0 Å². The van der Waals surface area contributed by atoms with Crippen molar-refractivity contribution in [2.45, 2.75) is 0 Å². The maximum Gasteiger partial charge on any atom is 0.139 e. The summed E-state index contributed by atoms with van der Waals surface area (Å²) < 4.78 is 11.1. The second kappa shape index (κ2) is 11.7. The fourth-order valence-corrected chi connectivity index (χ4v) is 7.60. The molecule has 0 saturated carbocycles. The Balaban J connectivity index is 1.03. The second-order valence-electron chi connectivity index (χ2n) is 13.0. The second-order valence-corrected chi connectivity index (χ2v) is 13.0. The molecule has 244 valence electrons. The third kappa shape index (κ3) is 4.83. The molecule has 0 N–H and O–H groups in total. The number of hydrogen-bond acceptors (Lipinski definition) is 4. The van der Waals surface area contributed by atoms with Gasteiger partial charge in [-0.25, -0.2) is 4.98 Å². The first-order chi connectivity index (χ1) is 25.2. The molecule has 0 spiro atoms. The maximum absolute atomic E-state index is 6.63. The zero-order valence-corrected chi connectivity index (χ0v) is 28.0. The van der Waals surface area contributed by atoms with Crippen molar-refractivity contribution < 1.29 is 4.74 Å². The highest BCUT2D eigenvalue weighted by molar-refractivity contribution is 6.11. The first kappa shape index (κ1) is 29.2. The number of benzene rings is 6. The van der Waals surface area contributed by atoms with Crippen molar-refractivity contribution in [3.8, 4) is 17.3 Å². The lowest BCUT2D eigenvalue weighted by Crippen LogP contribution is -2.26. The summed E-state index contributed by atoms with van der Waals surface area (Å²) in [6, 6.07) is 55.0. The number of aromatic nitrogens is 3. The largest absolute Gasteiger partial charge is 0.457 e. The van der Waals surface area contributed by atoms with Crippen molar-refractivity contribution in [1.29, 1.82) is 0 Å². The van der Waals surface area contributed by atoms with Crippen molar-refractivity contribution >= 4 is 60.7 Å². The Kier molecular flexibility index (Phi) is 6.67. The number of pyridine rings is 1. The number of anilines is 2. The predicted molar refractivity (Wildman–Crippen MR) is 210 cm³/mol. The van der Waals surface area contributed by atoms with E-state index in [2.05, 4.69) is 184 Å². The smallest absolute Gasteiger partial charge is 0.139 e. The Labute approximate surface area is 295 Å². The molecule has 0 aliphatic carbocycles. The molecule has 9 aromatic rings. The first-order valence-corrected chi connectivity index (χ1v) is 17.2. The number of nitrogens with zero attached hydrogens (tertiary/aromatic N) is 5. The van der Waals surface area contributed by atoms with Gasteiger partial charge in [-0.2, -0.15) is 0 Å². The van der Waals surface area contributed by atoms with Gasteiger partial charge < -0.3 is 19.1 Å². The molecule has 0 unspecified atom stereocenters. The number of aryl methyl sites for hydroxylation is 1. The standard InChI is InChI=1S/C45H33N5O/c1-47-40-21-10-8-20-37(40)39-28-46-45(27-42(39)47)50-41-22-11-9-19-36(41)38-24-23-35(26-43(38)50)51-34-18-12-17-33(25-34)48-29-44(31-13-4-2-5-14-31)49(30-48)32-15-6-3-7-16-32/h2-29H,30H2,1H3. The molecule has 0 saturated heterocycles. The minimum absolute atomic E-state index is 0.692. The van der Waals surface area contributed by atoms with Crippen LogP contribution in [0.25, 0.3) is 55.1 Å². The van der Waals surface area contributed by atoms with Gasteiger partial charge in [0.15, 0.2) is 0 Å². The number of ether oxygens (including phenoxy) is 1. The van der Waals surface area contributed by atoms with E-state index in [1.165, 1.54) is 21.9 Å². The average Bonchev–Trinajstić information content (AvgIpc) is 3.86. The van der Waals surface area contributed by atoms with Gasteiger partial charge in [-0.1, -0.05) is 91.0 Å². The van der Waals surface area contributed by atoms with Gasteiger partial charge in [0.05, 0.1) is 28.9 Å². The molecule has 3 aromatic heterocycles. The molecule has 1 aliphatic heterocycles. The number of hydrogen-bond donors (Lipinski definition) is 0. The minimum atomic E-state index is 0.692. The predicted octanol–water partition coefficient (Wildman–Crippen LogP) is 10.9. The molecular weight excluding hydrogens is 627 g/mol. The summed E-state index contributed by atoms with van der Waals surface area (Å²) in [5.74, 6) is 2.41. The molecule has 0 fully saturated rings. The van der Waals surface area contributed by atoms with Gasteiger partial charge in [0.1, 0.15) is 17.3 Å². The van der Waals surface area contributed by atoms with E-state index in [0.29, 0.717) is 6.67 Å². The van der Waals surface area contributed by atoms with Crippen LogP contribution in [0.15, 0.2) is 170 Å². The average molecular weight is 660 g/mol. The molecule has 10 rings (SSSR count). The highest BCUT2D eigenvalue weighted by Crippen LogP contribution is 2.38. The van der Waals surface area contributed by atoms with Crippen LogP contribution in [0.5, 0.6) is 11.5 Å². The lowest BCUT2D eigenvalue weighted by molar-refractivity contribution is 0.483. The van der Waals surface area contributed by atoms with Crippen molar-refractivity contribution in [3.63, 3.8) is 0 Å². The number of fused-ring (bicyclic) bond motifs is 6. The van der Waals surface area contributed by atoms with E-state index in [-0.39, 0.29) is 0 Å². The summed E-state index contributed by atoms with van der Waals surface area (Å²) in [4.78, 5) is 9.65. The molecule has 0 bridgehead atoms. The van der Waals surface area contributed by atoms with E-state index in [9.17, 15) is 0 Å². The molecule has 0 atom stereocenters. The third-order valence-electron chi connectivity index (χ3n) is 10.0. The summed E-state index contributed by atoms with van der Waals surface area (Å²) in [6.45, 7) is 0.692. The summed E-state index contributed by atoms with van der Waals surface area (Å²) in [5, 5.41) is 4.69. The minimum Gasteiger partial charge on any atom is -0.457 e. The van der Waals surface area contributed by atoms with Crippen LogP contribution in [0.1, 0.15) is 5.56 Å². The summed E-state index contributed by atoms with van der Waals surface area (Å²) in [5.41, 5.74) is 9.03. The summed E-state index contributed by atoms with van der Waals surface area (Å²) in [7, 11) is 2.12. The Morgan fingerprint density at radius 1 is 0.529 bits per heavy atom. The molecule has 51 heavy (non-hydrogen) atoms. The third-order valence-corrected chi connectivity index (χ3v) is 10.0. The van der Waals surface area contributed by atoms with E-state index in [1.54, 1.807) is 0 Å². The first-order valence-electron chi connectivity index (χ1n) is 17.2. The molecule has 0 amide bonds. The molecule has 4 heterocycles. The molecular formula is C45H33N5O. The number of rotatable bonds is 6. The van der Waals surface area contributed by atoms with Crippen LogP contribution in [0, 0.1) is 0 Å². The Hall–Kier alpha value is -6.79. The van der Waals surface area contributed by atoms with Gasteiger partial charge >= 0.3 is 0 Å². The van der Waals surface area contributed by atoms with Crippen molar-refractivity contribution in [3.05, 3.63) is 176 Å². The van der Waals surface area contributed by atoms with E-state index >= 15 is 0 Å². The van der Waals surface area contributed by atoms with E-state index in [1.807, 2.05) is 12.3 Å². The summed E-state index contributed by atoms with van der Waals surface area (Å²) in [6.07, 6.45) is 4.24. The van der Waals surface area contributed by atoms with Crippen molar-refractivity contribution in [2.75, 3.05) is 16.5 Å². The maximum atomic E-state index is 6.63. The van der Waals surface area contributed by atoms with Crippen molar-refractivity contribution in [1.82, 2.24) is 14.1 Å². The van der Waals surface area contributed by atoms with E-state index in [0.717, 1.165) is 61.7 Å². The molecule has 1 aliphatic rings. The highest BCUT2D eigenvalue weighted by atomic mass is 16.5. The van der Waals surface area contributed by atoms with Crippen LogP contribution in [-0.2, 0) is 7.05 Å². The monoisotopic (exact) mass is 659 g/mol. The van der Waals surface area contributed by atoms with Crippen molar-refractivity contribution in [2.24, 2.45) is 7.05 Å². The van der Waals surface area contributed by atoms with Crippen LogP contribution in [-0.4, -0.2) is 20.8 Å². The van der Waals surface area contributed by atoms with E-state index < -0.39 is 0 Å². The molecule has 6 aromatic carbocycles. The quantitative estimate of drug-likeness (QED) is 0.178. The van der Waals surface area contributed by atoms with Crippen LogP contribution in [0.4, 0.5) is 11.4 Å². The normalized spacial score (nSPS) is 13.2. The SMILES string of the molecule is Cn1c2ccccc2c2cnc(-n3c4ccccc4c4ccc(Oc5cccc(N6C=C(c7ccccc7)N(c7ccccc7)C6)c5)cc43)cc21. The zero-order chi connectivity index (χ0) is 33.9. The fourth-order valence-electron chi connectivity index (χ4n) is 7.60. The lowest BCUT2D eigenvalue weighted by Gasteiger charge is -2.24. The molecule has 6 nitrogen and oxygen atoms in total. The molecule has 6 heteroatoms. The van der Waals surface area contributed by atoms with Gasteiger partial charge in [-0.3, -0.25) is 4.57 Å². The fraction of sp³-hybridized carbons (Fsp3) is 0.0444. The van der Waals surface area contributed by atoms with Gasteiger partial charge in [-0.15, -0.1) is 0 Å². The lowest BCUT2D eigenvalue weighted by atomic mass is 10.1. The highest BCUT2D eigenvalue weighted by Gasteiger charge is 2.25. The van der Waals surface area contributed by atoms with Crippen LogP contribution in [0.2, 0.25) is 0 Å². The van der Waals surface area contributed by atoms with Gasteiger partial charge in [0, 0.05) is 76.1 Å². The van der Waals surface area contributed by atoms with Gasteiger partial charge in [0.25, 0.3) is 0 Å². The zero-order valence-electron chi connectivity index (χ0n) is 28.0.